The molecule has 2 aromatic carbocycles. The van der Waals surface area contributed by atoms with Gasteiger partial charge in [0, 0.05) is 31.0 Å². The van der Waals surface area contributed by atoms with Crippen LogP contribution in [0.15, 0.2) is 52.4 Å². The summed E-state index contributed by atoms with van der Waals surface area (Å²) in [5.41, 5.74) is 2.48. The van der Waals surface area contributed by atoms with E-state index in [1.807, 2.05) is 31.2 Å². The first-order valence-corrected chi connectivity index (χ1v) is 14.6. The van der Waals surface area contributed by atoms with E-state index in [0.717, 1.165) is 50.0 Å². The number of nitrogens with one attached hydrogen (secondary N) is 2. The van der Waals surface area contributed by atoms with Crippen molar-refractivity contribution in [2.24, 2.45) is 0 Å². The summed E-state index contributed by atoms with van der Waals surface area (Å²) in [4.78, 5) is 44.0. The van der Waals surface area contributed by atoms with E-state index in [1.165, 1.54) is 11.8 Å². The summed E-state index contributed by atoms with van der Waals surface area (Å²) in [7, 11) is 0. The molecular weight excluding hydrogens is 516 g/mol. The fraction of sp³-hybridized carbons (Fsp3) is 0.448. The number of aromatic nitrogens is 2. The first kappa shape index (κ1) is 27.4. The van der Waals surface area contributed by atoms with Gasteiger partial charge in [-0.05, 0) is 61.9 Å². The number of amides is 2. The fourth-order valence-corrected chi connectivity index (χ4v) is 5.79. The predicted octanol–water partition coefficient (Wildman–Crippen LogP) is 3.78. The molecule has 3 aromatic rings. The molecule has 2 aliphatic rings. The van der Waals surface area contributed by atoms with Crippen molar-refractivity contribution in [3.05, 3.63) is 63.9 Å². The zero-order valence-corrected chi connectivity index (χ0v) is 22.9. The molecule has 2 amide bonds. The number of thioether (sulfide) groups is 1. The number of nitrogens with zero attached hydrogens (tertiary/aromatic N) is 2. The van der Waals surface area contributed by atoms with Crippen LogP contribution >= 0.6 is 11.8 Å². The zero-order chi connectivity index (χ0) is 27.2. The van der Waals surface area contributed by atoms with Crippen molar-refractivity contribution in [1.82, 2.24) is 14.9 Å². The predicted molar refractivity (Wildman–Crippen MR) is 151 cm³/mol. The van der Waals surface area contributed by atoms with Gasteiger partial charge in [0.25, 0.3) is 11.5 Å². The summed E-state index contributed by atoms with van der Waals surface area (Å²) in [5, 5.41) is 6.75. The van der Waals surface area contributed by atoms with Crippen molar-refractivity contribution in [2.45, 2.75) is 62.9 Å². The molecule has 2 N–H and O–H groups in total. The molecule has 39 heavy (non-hydrogen) atoms. The largest absolute Gasteiger partial charge is 0.376 e. The van der Waals surface area contributed by atoms with Gasteiger partial charge in [0.2, 0.25) is 5.91 Å². The van der Waals surface area contributed by atoms with Gasteiger partial charge in [-0.2, -0.15) is 0 Å². The third-order valence-corrected chi connectivity index (χ3v) is 8.09. The second-order valence-electron chi connectivity index (χ2n) is 9.87. The average molecular weight is 551 g/mol. The lowest BCUT2D eigenvalue weighted by Gasteiger charge is -2.17. The number of para-hydroxylation sites is 1. The van der Waals surface area contributed by atoms with Crippen LogP contribution < -0.4 is 16.2 Å². The molecule has 9 nitrogen and oxygen atoms in total. The molecule has 0 bridgehead atoms. The molecule has 3 heterocycles. The molecule has 0 radical (unpaired) electrons. The van der Waals surface area contributed by atoms with Gasteiger partial charge in [-0.1, -0.05) is 36.9 Å². The molecular formula is C29H34N4O5S. The summed E-state index contributed by atoms with van der Waals surface area (Å²) >= 11 is 1.21. The minimum absolute atomic E-state index is 0.0379. The van der Waals surface area contributed by atoms with E-state index < -0.39 is 0 Å². The second kappa shape index (κ2) is 12.8. The Morgan fingerprint density at radius 3 is 2.59 bits per heavy atom. The van der Waals surface area contributed by atoms with Crippen molar-refractivity contribution >= 4 is 40.2 Å². The van der Waals surface area contributed by atoms with Gasteiger partial charge >= 0.3 is 0 Å². The summed E-state index contributed by atoms with van der Waals surface area (Å²) in [6, 6.07) is 12.7. The first-order valence-electron chi connectivity index (χ1n) is 13.6. The molecule has 5 rings (SSSR count). The molecule has 0 unspecified atom stereocenters. The lowest BCUT2D eigenvalue weighted by atomic mass is 10.1. The Labute approximate surface area is 231 Å². The number of ether oxygens (including phenoxy) is 2. The quantitative estimate of drug-likeness (QED) is 0.292. The Morgan fingerprint density at radius 1 is 1.08 bits per heavy atom. The maximum atomic E-state index is 13.6. The molecule has 2 fully saturated rings. The molecule has 2 aliphatic heterocycles. The van der Waals surface area contributed by atoms with Crippen molar-refractivity contribution < 1.29 is 19.1 Å². The van der Waals surface area contributed by atoms with Gasteiger partial charge in [0.15, 0.2) is 5.16 Å². The van der Waals surface area contributed by atoms with Crippen LogP contribution in [-0.2, 0) is 27.2 Å². The van der Waals surface area contributed by atoms with E-state index >= 15 is 0 Å². The highest BCUT2D eigenvalue weighted by Crippen LogP contribution is 2.23. The number of fused-ring (bicyclic) bond motifs is 1. The number of benzene rings is 2. The summed E-state index contributed by atoms with van der Waals surface area (Å²) in [6.45, 7) is 4.26. The minimum atomic E-state index is -0.235. The maximum Gasteiger partial charge on any atom is 0.262 e. The van der Waals surface area contributed by atoms with Crippen LogP contribution in [0, 0.1) is 0 Å². The van der Waals surface area contributed by atoms with E-state index in [4.69, 9.17) is 14.5 Å². The van der Waals surface area contributed by atoms with Gasteiger partial charge in [-0.15, -0.1) is 0 Å². The molecule has 0 saturated carbocycles. The van der Waals surface area contributed by atoms with Crippen molar-refractivity contribution in [3.8, 4) is 0 Å². The van der Waals surface area contributed by atoms with Crippen LogP contribution in [0.4, 0.5) is 5.69 Å². The molecule has 1 aromatic heterocycles. The Hall–Kier alpha value is -3.21. The van der Waals surface area contributed by atoms with Gasteiger partial charge in [0.1, 0.15) is 0 Å². The Kier molecular flexibility index (Phi) is 8.95. The van der Waals surface area contributed by atoms with Gasteiger partial charge in [-0.3, -0.25) is 19.0 Å². The number of carbonyl (C=O) groups is 2. The van der Waals surface area contributed by atoms with Crippen molar-refractivity contribution in [2.75, 3.05) is 30.8 Å². The minimum Gasteiger partial charge on any atom is -0.376 e. The Morgan fingerprint density at radius 2 is 1.85 bits per heavy atom. The Balaban J connectivity index is 1.37. The topological polar surface area (TPSA) is 112 Å². The highest BCUT2D eigenvalue weighted by Gasteiger charge is 2.22. The van der Waals surface area contributed by atoms with Crippen LogP contribution in [-0.4, -0.2) is 59.1 Å². The third-order valence-electron chi connectivity index (χ3n) is 7.11. The third kappa shape index (κ3) is 6.69. The van der Waals surface area contributed by atoms with E-state index in [0.29, 0.717) is 41.3 Å². The van der Waals surface area contributed by atoms with Crippen LogP contribution in [0.2, 0.25) is 0 Å². The normalized spacial score (nSPS) is 18.9. The highest BCUT2D eigenvalue weighted by molar-refractivity contribution is 7.99. The van der Waals surface area contributed by atoms with Crippen LogP contribution in [0.1, 0.15) is 48.5 Å². The van der Waals surface area contributed by atoms with Gasteiger partial charge < -0.3 is 20.1 Å². The van der Waals surface area contributed by atoms with Crippen molar-refractivity contribution in [3.63, 3.8) is 0 Å². The lowest BCUT2D eigenvalue weighted by Crippen LogP contribution is -2.32. The number of hydrogen-bond acceptors (Lipinski definition) is 7. The summed E-state index contributed by atoms with van der Waals surface area (Å²) in [5.74, 6) is -0.328. The first-order chi connectivity index (χ1) is 19.0. The van der Waals surface area contributed by atoms with Crippen LogP contribution in [0.3, 0.4) is 0 Å². The summed E-state index contributed by atoms with van der Waals surface area (Å²) < 4.78 is 13.0. The average Bonchev–Trinajstić information content (AvgIpc) is 3.67. The van der Waals surface area contributed by atoms with E-state index in [9.17, 15) is 14.4 Å². The number of carbonyl (C=O) groups excluding carboxylic acids is 2. The highest BCUT2D eigenvalue weighted by atomic mass is 32.2. The van der Waals surface area contributed by atoms with E-state index in [-0.39, 0.29) is 35.3 Å². The SMILES string of the molecule is CCc1ccccc1NC(=O)CSc1nc2cc(C(=O)NC[C@H]3CCCO3)ccc2c(=O)n1C[C@H]1CCCO1. The van der Waals surface area contributed by atoms with E-state index in [1.54, 1.807) is 22.8 Å². The smallest absolute Gasteiger partial charge is 0.262 e. The molecule has 2 atom stereocenters. The van der Waals surface area contributed by atoms with Crippen molar-refractivity contribution in [1.29, 1.82) is 0 Å². The van der Waals surface area contributed by atoms with Crippen LogP contribution in [0.25, 0.3) is 10.9 Å². The van der Waals surface area contributed by atoms with E-state index in [2.05, 4.69) is 10.6 Å². The molecule has 0 aliphatic carbocycles. The molecule has 206 valence electrons. The number of aryl methyl sites for hydroxylation is 1. The van der Waals surface area contributed by atoms with Gasteiger partial charge in [0.05, 0.1) is 35.4 Å². The van der Waals surface area contributed by atoms with Crippen LogP contribution in [0.5, 0.6) is 0 Å². The van der Waals surface area contributed by atoms with Gasteiger partial charge in [-0.25, -0.2) is 4.98 Å². The standard InChI is InChI=1S/C29H34N4O5S/c1-2-19-7-3-4-10-24(19)31-26(34)18-39-29-32-25-15-20(27(35)30-16-21-8-5-13-37-21)11-12-23(25)28(36)33(29)17-22-9-6-14-38-22/h3-4,7,10-12,15,21-22H,2,5-6,8-9,13-14,16-18H2,1H3,(H,30,35)(H,31,34)/t21-,22-/m1/s1. The maximum absolute atomic E-state index is 13.6. The number of anilines is 1. The second-order valence-corrected chi connectivity index (χ2v) is 10.8. The number of hydrogen-bond donors (Lipinski definition) is 2. The molecule has 10 heteroatoms. The monoisotopic (exact) mass is 550 g/mol. The number of rotatable bonds is 10. The lowest BCUT2D eigenvalue weighted by molar-refractivity contribution is -0.113. The Bertz CT molecular complexity index is 1400. The molecule has 0 spiro atoms. The zero-order valence-electron chi connectivity index (χ0n) is 22.1. The molecule has 2 saturated heterocycles. The summed E-state index contributed by atoms with van der Waals surface area (Å²) in [6.07, 6.45) is 4.52. The fourth-order valence-electron chi connectivity index (χ4n) is 4.99.